The summed E-state index contributed by atoms with van der Waals surface area (Å²) < 4.78 is 0. The molecule has 0 radical (unpaired) electrons. The Labute approximate surface area is 136 Å². The van der Waals surface area contributed by atoms with Crippen LogP contribution in [0.3, 0.4) is 0 Å². The summed E-state index contributed by atoms with van der Waals surface area (Å²) in [5, 5.41) is 32.2. The van der Waals surface area contributed by atoms with E-state index < -0.39 is 11.0 Å². The molecule has 3 aliphatic carbocycles. The van der Waals surface area contributed by atoms with Crippen molar-refractivity contribution >= 4 is 5.78 Å². The van der Waals surface area contributed by atoms with Crippen molar-refractivity contribution in [1.82, 2.24) is 0 Å². The molecule has 3 aliphatic rings. The van der Waals surface area contributed by atoms with Gasteiger partial charge in [-0.2, -0.15) is 0 Å². The molecule has 0 heterocycles. The Morgan fingerprint density at radius 3 is 2.70 bits per heavy atom. The molecule has 0 aliphatic heterocycles. The average molecular weight is 316 g/mol. The van der Waals surface area contributed by atoms with Gasteiger partial charge in [-0.1, -0.05) is 19.9 Å². The zero-order valence-electron chi connectivity index (χ0n) is 13.7. The second kappa shape index (κ2) is 4.29. The van der Waals surface area contributed by atoms with Crippen molar-refractivity contribution in [2.45, 2.75) is 63.4 Å². The summed E-state index contributed by atoms with van der Waals surface area (Å²) in [6.45, 7) is 4.25. The lowest BCUT2D eigenvalue weighted by molar-refractivity contribution is -0.135. The number of hydrogen-bond acceptors (Lipinski definition) is 4. The van der Waals surface area contributed by atoms with Gasteiger partial charge in [-0.3, -0.25) is 4.79 Å². The highest BCUT2D eigenvalue weighted by Crippen LogP contribution is 2.71. The standard InChI is InChI=1S/C19H24O4/c1-3-17-8-12-4-5-14(21)16(22)15(12)18(10-17)9-13(20)6-7-19(18,23)11(17)2/h4-5,11,21-23H,3,6-10H2,1-2H3. The molecule has 4 unspecified atom stereocenters. The van der Waals surface area contributed by atoms with Crippen molar-refractivity contribution in [3.8, 4) is 11.5 Å². The quantitative estimate of drug-likeness (QED) is 0.696. The number of fused-ring (bicyclic) bond motifs is 2. The van der Waals surface area contributed by atoms with Gasteiger partial charge in [-0.15, -0.1) is 0 Å². The van der Waals surface area contributed by atoms with Crippen LogP contribution in [0, 0.1) is 11.3 Å². The SMILES string of the molecule is CCC12Cc3ccc(O)c(O)c3C3(CC(=O)CCC3(O)C1C)C2. The number of phenols is 2. The summed E-state index contributed by atoms with van der Waals surface area (Å²) >= 11 is 0. The van der Waals surface area contributed by atoms with E-state index in [1.54, 1.807) is 0 Å². The van der Waals surface area contributed by atoms with E-state index in [4.69, 9.17) is 0 Å². The van der Waals surface area contributed by atoms with Gasteiger partial charge in [-0.05, 0) is 48.6 Å². The molecular formula is C19H24O4. The molecule has 124 valence electrons. The second-order valence-corrected chi connectivity index (χ2v) is 7.98. The monoisotopic (exact) mass is 316 g/mol. The third-order valence-corrected chi connectivity index (χ3v) is 7.37. The van der Waals surface area contributed by atoms with Gasteiger partial charge in [0.05, 0.1) is 5.60 Å². The van der Waals surface area contributed by atoms with Crippen LogP contribution in [0.15, 0.2) is 12.1 Å². The molecule has 4 atom stereocenters. The Balaban J connectivity index is 2.06. The van der Waals surface area contributed by atoms with Gasteiger partial charge in [0.15, 0.2) is 11.5 Å². The van der Waals surface area contributed by atoms with Gasteiger partial charge in [-0.25, -0.2) is 0 Å². The Morgan fingerprint density at radius 2 is 2.00 bits per heavy atom. The van der Waals surface area contributed by atoms with E-state index in [-0.39, 0.29) is 35.0 Å². The third-order valence-electron chi connectivity index (χ3n) is 7.37. The third kappa shape index (κ3) is 1.53. The van der Waals surface area contributed by atoms with Crippen molar-refractivity contribution in [3.63, 3.8) is 0 Å². The van der Waals surface area contributed by atoms with E-state index in [1.165, 1.54) is 6.07 Å². The highest BCUT2D eigenvalue weighted by Gasteiger charge is 2.71. The second-order valence-electron chi connectivity index (χ2n) is 7.98. The smallest absolute Gasteiger partial charge is 0.161 e. The lowest BCUT2D eigenvalue weighted by Gasteiger charge is -2.48. The molecule has 0 saturated heterocycles. The number of carbonyl (C=O) groups is 1. The predicted octanol–water partition coefficient (Wildman–Crippen LogP) is 2.81. The van der Waals surface area contributed by atoms with E-state index in [2.05, 4.69) is 13.8 Å². The van der Waals surface area contributed by atoms with Gasteiger partial charge in [0, 0.05) is 23.8 Å². The maximum atomic E-state index is 12.3. The number of benzene rings is 1. The van der Waals surface area contributed by atoms with Gasteiger partial charge in [0.25, 0.3) is 0 Å². The molecule has 23 heavy (non-hydrogen) atoms. The fourth-order valence-corrected chi connectivity index (χ4v) is 6.10. The highest BCUT2D eigenvalue weighted by molar-refractivity contribution is 5.83. The maximum absolute atomic E-state index is 12.3. The first-order chi connectivity index (χ1) is 10.8. The average Bonchev–Trinajstić information content (AvgIpc) is 2.67. The molecule has 0 aromatic heterocycles. The van der Waals surface area contributed by atoms with Crippen molar-refractivity contribution in [1.29, 1.82) is 0 Å². The largest absolute Gasteiger partial charge is 0.504 e. The fraction of sp³-hybridized carbons (Fsp3) is 0.632. The summed E-state index contributed by atoms with van der Waals surface area (Å²) in [5.74, 6) is -0.108. The molecule has 4 rings (SSSR count). The van der Waals surface area contributed by atoms with Crippen LogP contribution in [0.5, 0.6) is 11.5 Å². The predicted molar refractivity (Wildman–Crippen MR) is 85.5 cm³/mol. The molecular weight excluding hydrogens is 292 g/mol. The minimum absolute atomic E-state index is 0.0459. The van der Waals surface area contributed by atoms with Crippen LogP contribution in [0.4, 0.5) is 0 Å². The molecule has 1 aromatic rings. The summed E-state index contributed by atoms with van der Waals surface area (Å²) in [6, 6.07) is 3.38. The first kappa shape index (κ1) is 15.0. The molecule has 4 nitrogen and oxygen atoms in total. The number of Topliss-reactive ketones (excluding diaryl/α,β-unsaturated/α-hetero) is 1. The molecule has 1 spiro atoms. The van der Waals surface area contributed by atoms with Crippen LogP contribution in [0.1, 0.15) is 57.1 Å². The van der Waals surface area contributed by atoms with Gasteiger partial charge >= 0.3 is 0 Å². The molecule has 4 heteroatoms. The molecule has 1 aromatic carbocycles. The molecule has 2 bridgehead atoms. The first-order valence-electron chi connectivity index (χ1n) is 8.58. The van der Waals surface area contributed by atoms with Gasteiger partial charge in [0.2, 0.25) is 0 Å². The van der Waals surface area contributed by atoms with Crippen molar-refractivity contribution < 1.29 is 20.1 Å². The lowest BCUT2D eigenvalue weighted by atomic mass is 9.57. The maximum Gasteiger partial charge on any atom is 0.161 e. The van der Waals surface area contributed by atoms with Gasteiger partial charge in [0.1, 0.15) is 5.78 Å². The number of ketones is 1. The van der Waals surface area contributed by atoms with Crippen LogP contribution < -0.4 is 0 Å². The van der Waals surface area contributed by atoms with Crippen LogP contribution in [0.2, 0.25) is 0 Å². The number of phenolic OH excluding ortho intramolecular Hbond substituents is 2. The van der Waals surface area contributed by atoms with E-state index >= 15 is 0 Å². The van der Waals surface area contributed by atoms with Crippen molar-refractivity contribution in [3.05, 3.63) is 23.3 Å². The molecule has 0 amide bonds. The van der Waals surface area contributed by atoms with Gasteiger partial charge < -0.3 is 15.3 Å². The van der Waals surface area contributed by atoms with Crippen LogP contribution in [0.25, 0.3) is 0 Å². The summed E-state index contributed by atoms with van der Waals surface area (Å²) in [5.41, 5.74) is -0.190. The highest BCUT2D eigenvalue weighted by atomic mass is 16.3. The zero-order chi connectivity index (χ0) is 16.6. The van der Waals surface area contributed by atoms with E-state index in [1.807, 2.05) is 6.07 Å². The number of carbonyl (C=O) groups excluding carboxylic acids is 1. The van der Waals surface area contributed by atoms with Crippen molar-refractivity contribution in [2.75, 3.05) is 0 Å². The topological polar surface area (TPSA) is 77.8 Å². The van der Waals surface area contributed by atoms with Crippen molar-refractivity contribution in [2.24, 2.45) is 11.3 Å². The Bertz CT molecular complexity index is 712. The Morgan fingerprint density at radius 1 is 1.26 bits per heavy atom. The minimum Gasteiger partial charge on any atom is -0.504 e. The van der Waals surface area contributed by atoms with E-state index in [0.717, 1.165) is 18.4 Å². The number of rotatable bonds is 1. The summed E-state index contributed by atoms with van der Waals surface area (Å²) in [4.78, 5) is 12.3. The van der Waals surface area contributed by atoms with E-state index in [9.17, 15) is 20.1 Å². The van der Waals surface area contributed by atoms with E-state index in [0.29, 0.717) is 24.8 Å². The minimum atomic E-state index is -0.993. The summed E-state index contributed by atoms with van der Waals surface area (Å²) in [6.07, 6.45) is 3.55. The zero-order valence-corrected chi connectivity index (χ0v) is 13.7. The fourth-order valence-electron chi connectivity index (χ4n) is 6.10. The van der Waals surface area contributed by atoms with Crippen LogP contribution >= 0.6 is 0 Å². The molecule has 2 fully saturated rings. The first-order valence-corrected chi connectivity index (χ1v) is 8.58. The Kier molecular flexibility index (Phi) is 2.80. The Hall–Kier alpha value is -1.55. The number of aromatic hydroxyl groups is 2. The normalized spacial score (nSPS) is 41.5. The van der Waals surface area contributed by atoms with Crippen LogP contribution in [-0.4, -0.2) is 26.7 Å². The number of hydrogen-bond donors (Lipinski definition) is 3. The molecule has 3 N–H and O–H groups in total. The lowest BCUT2D eigenvalue weighted by Crippen LogP contribution is -2.55. The van der Waals surface area contributed by atoms with Crippen LogP contribution in [-0.2, 0) is 16.6 Å². The molecule has 2 saturated carbocycles. The number of aliphatic hydroxyl groups is 1. The summed E-state index contributed by atoms with van der Waals surface area (Å²) in [7, 11) is 0.